The van der Waals surface area contributed by atoms with E-state index in [0.717, 1.165) is 0 Å². The van der Waals surface area contributed by atoms with Crippen LogP contribution in [0.1, 0.15) is 5.56 Å². The molecule has 0 aliphatic rings. The lowest BCUT2D eigenvalue weighted by atomic mass is 10.2. The highest BCUT2D eigenvalue weighted by Gasteiger charge is 2.12. The van der Waals surface area contributed by atoms with Gasteiger partial charge in [0.25, 0.3) is 0 Å². The summed E-state index contributed by atoms with van der Waals surface area (Å²) >= 11 is 0. The Balaban J connectivity index is 2.72. The minimum atomic E-state index is -0.658. The lowest BCUT2D eigenvalue weighted by Gasteiger charge is -2.13. The van der Waals surface area contributed by atoms with Crippen molar-refractivity contribution >= 4 is 0 Å². The number of ether oxygens (including phenoxy) is 1. The second-order valence-corrected chi connectivity index (χ2v) is 4.07. The van der Waals surface area contributed by atoms with Crippen LogP contribution in [0.5, 0.6) is 5.75 Å². The molecule has 1 aromatic carbocycles. The fraction of sp³-hybridized carbons (Fsp3) is 0.500. The molecule has 0 fully saturated rings. The molecule has 1 aromatic rings. The van der Waals surface area contributed by atoms with E-state index in [1.807, 2.05) is 19.0 Å². The maximum atomic E-state index is 13.6. The molecule has 0 atom stereocenters. The third-order valence-electron chi connectivity index (χ3n) is 2.22. The zero-order valence-electron chi connectivity index (χ0n) is 10.4. The number of nitrogens with zero attached hydrogens (tertiary/aromatic N) is 1. The molecule has 0 amide bonds. The Morgan fingerprint density at radius 3 is 2.29 bits per heavy atom. The van der Waals surface area contributed by atoms with E-state index in [0.29, 0.717) is 18.7 Å². The first kappa shape index (κ1) is 13.9. The molecule has 0 heterocycles. The SMILES string of the molecule is CNCc1cc(F)c(OCCN(C)C)c(F)c1. The van der Waals surface area contributed by atoms with E-state index < -0.39 is 11.6 Å². The molecule has 96 valence electrons. The summed E-state index contributed by atoms with van der Waals surface area (Å²) in [5.41, 5.74) is 0.558. The summed E-state index contributed by atoms with van der Waals surface area (Å²) < 4.78 is 32.2. The standard InChI is InChI=1S/C12H18F2N2O/c1-15-8-9-6-10(13)12(11(14)7-9)17-5-4-16(2)3/h6-7,15H,4-5,8H2,1-3H3. The predicted molar refractivity (Wildman–Crippen MR) is 63.2 cm³/mol. The van der Waals surface area contributed by atoms with Gasteiger partial charge < -0.3 is 15.0 Å². The predicted octanol–water partition coefficient (Wildman–Crippen LogP) is 1.62. The Labute approximate surface area is 100 Å². The van der Waals surface area contributed by atoms with E-state index >= 15 is 0 Å². The Morgan fingerprint density at radius 2 is 1.82 bits per heavy atom. The highest BCUT2D eigenvalue weighted by atomic mass is 19.1. The van der Waals surface area contributed by atoms with Crippen molar-refractivity contribution in [2.75, 3.05) is 34.3 Å². The third kappa shape index (κ3) is 4.28. The Kier molecular flexibility index (Phi) is 5.31. The van der Waals surface area contributed by atoms with Gasteiger partial charge >= 0.3 is 0 Å². The summed E-state index contributed by atoms with van der Waals surface area (Å²) in [7, 11) is 5.45. The first-order valence-electron chi connectivity index (χ1n) is 5.44. The van der Waals surface area contributed by atoms with Gasteiger partial charge in [-0.15, -0.1) is 0 Å². The topological polar surface area (TPSA) is 24.5 Å². The van der Waals surface area contributed by atoms with Gasteiger partial charge in [-0.3, -0.25) is 0 Å². The molecule has 1 N–H and O–H groups in total. The van der Waals surface area contributed by atoms with Crippen molar-refractivity contribution in [3.63, 3.8) is 0 Å². The van der Waals surface area contributed by atoms with Gasteiger partial charge in [-0.1, -0.05) is 0 Å². The van der Waals surface area contributed by atoms with Crippen molar-refractivity contribution in [1.82, 2.24) is 10.2 Å². The van der Waals surface area contributed by atoms with Crippen molar-refractivity contribution in [1.29, 1.82) is 0 Å². The van der Waals surface area contributed by atoms with E-state index in [9.17, 15) is 8.78 Å². The molecule has 0 aliphatic heterocycles. The Hall–Kier alpha value is -1.20. The van der Waals surface area contributed by atoms with Crippen LogP contribution in [0.2, 0.25) is 0 Å². The molecule has 0 spiro atoms. The fourth-order valence-electron chi connectivity index (χ4n) is 1.39. The van der Waals surface area contributed by atoms with Crippen LogP contribution in [0.4, 0.5) is 8.78 Å². The highest BCUT2D eigenvalue weighted by Crippen LogP contribution is 2.23. The average Bonchev–Trinajstić information content (AvgIpc) is 2.22. The molecule has 0 radical (unpaired) electrons. The van der Waals surface area contributed by atoms with Crippen molar-refractivity contribution < 1.29 is 13.5 Å². The molecule has 0 saturated carbocycles. The smallest absolute Gasteiger partial charge is 0.190 e. The number of likely N-dealkylation sites (N-methyl/N-ethyl adjacent to an activating group) is 1. The summed E-state index contributed by atoms with van der Waals surface area (Å²) in [4.78, 5) is 1.88. The summed E-state index contributed by atoms with van der Waals surface area (Å²) in [6, 6.07) is 2.56. The lowest BCUT2D eigenvalue weighted by Crippen LogP contribution is -2.20. The molecule has 0 aliphatic carbocycles. The summed E-state index contributed by atoms with van der Waals surface area (Å²) in [6.45, 7) is 1.29. The minimum absolute atomic E-state index is 0.256. The first-order valence-corrected chi connectivity index (χ1v) is 5.44. The molecule has 1 rings (SSSR count). The van der Waals surface area contributed by atoms with Crippen LogP contribution in [-0.2, 0) is 6.54 Å². The maximum absolute atomic E-state index is 13.6. The van der Waals surface area contributed by atoms with Gasteiger partial charge in [0.05, 0.1) is 0 Å². The van der Waals surface area contributed by atoms with Crippen LogP contribution >= 0.6 is 0 Å². The molecule has 0 saturated heterocycles. The molecular formula is C12H18F2N2O. The number of rotatable bonds is 6. The largest absolute Gasteiger partial charge is 0.486 e. The molecule has 3 nitrogen and oxygen atoms in total. The summed E-state index contributed by atoms with van der Waals surface area (Å²) in [6.07, 6.45) is 0. The summed E-state index contributed by atoms with van der Waals surface area (Å²) in [5.74, 6) is -1.62. The van der Waals surface area contributed by atoms with E-state index in [1.54, 1.807) is 7.05 Å². The Morgan fingerprint density at radius 1 is 1.24 bits per heavy atom. The lowest BCUT2D eigenvalue weighted by molar-refractivity contribution is 0.242. The van der Waals surface area contributed by atoms with Crippen LogP contribution in [0.15, 0.2) is 12.1 Å². The minimum Gasteiger partial charge on any atom is -0.486 e. The van der Waals surface area contributed by atoms with Crippen LogP contribution in [-0.4, -0.2) is 39.2 Å². The normalized spacial score (nSPS) is 10.9. The monoisotopic (exact) mass is 244 g/mol. The van der Waals surface area contributed by atoms with Gasteiger partial charge in [0.15, 0.2) is 17.4 Å². The van der Waals surface area contributed by atoms with Crippen molar-refractivity contribution in [3.05, 3.63) is 29.3 Å². The van der Waals surface area contributed by atoms with E-state index in [4.69, 9.17) is 4.74 Å². The summed E-state index contributed by atoms with van der Waals surface area (Å²) in [5, 5.41) is 2.84. The number of hydrogen-bond donors (Lipinski definition) is 1. The molecule has 0 aromatic heterocycles. The van der Waals surface area contributed by atoms with Crippen molar-refractivity contribution in [2.45, 2.75) is 6.54 Å². The van der Waals surface area contributed by atoms with Crippen LogP contribution in [0.3, 0.4) is 0 Å². The van der Waals surface area contributed by atoms with Crippen molar-refractivity contribution in [2.24, 2.45) is 0 Å². The van der Waals surface area contributed by atoms with Crippen LogP contribution in [0.25, 0.3) is 0 Å². The van der Waals surface area contributed by atoms with Crippen molar-refractivity contribution in [3.8, 4) is 5.75 Å². The number of benzene rings is 1. The number of halogens is 2. The third-order valence-corrected chi connectivity index (χ3v) is 2.22. The quantitative estimate of drug-likeness (QED) is 0.823. The van der Waals surface area contributed by atoms with Gasteiger partial charge in [0, 0.05) is 13.1 Å². The van der Waals surface area contributed by atoms with E-state index in [1.165, 1.54) is 12.1 Å². The molecule has 0 unspecified atom stereocenters. The number of hydrogen-bond acceptors (Lipinski definition) is 3. The highest BCUT2D eigenvalue weighted by molar-refractivity contribution is 5.31. The number of nitrogens with one attached hydrogen (secondary N) is 1. The van der Waals surface area contributed by atoms with Gasteiger partial charge in [-0.2, -0.15) is 0 Å². The molecular weight excluding hydrogens is 226 g/mol. The van der Waals surface area contributed by atoms with E-state index in [-0.39, 0.29) is 12.4 Å². The average molecular weight is 244 g/mol. The second-order valence-electron chi connectivity index (χ2n) is 4.07. The zero-order valence-corrected chi connectivity index (χ0v) is 10.4. The van der Waals surface area contributed by atoms with Crippen LogP contribution < -0.4 is 10.1 Å². The maximum Gasteiger partial charge on any atom is 0.190 e. The van der Waals surface area contributed by atoms with Gasteiger partial charge in [0.1, 0.15) is 6.61 Å². The molecule has 17 heavy (non-hydrogen) atoms. The zero-order chi connectivity index (χ0) is 12.8. The fourth-order valence-corrected chi connectivity index (χ4v) is 1.39. The van der Waals surface area contributed by atoms with E-state index in [2.05, 4.69) is 5.32 Å². The second kappa shape index (κ2) is 6.51. The molecule has 5 heteroatoms. The Bertz CT molecular complexity index is 347. The van der Waals surface area contributed by atoms with Gasteiger partial charge in [-0.05, 0) is 38.8 Å². The van der Waals surface area contributed by atoms with Gasteiger partial charge in [0.2, 0.25) is 0 Å². The first-order chi connectivity index (χ1) is 8.04. The van der Waals surface area contributed by atoms with Gasteiger partial charge in [-0.25, -0.2) is 8.78 Å². The van der Waals surface area contributed by atoms with Crippen LogP contribution in [0, 0.1) is 11.6 Å². The molecule has 0 bridgehead atoms.